The molecular formula is C17H23NO4. The number of hydrogen-bond donors (Lipinski definition) is 2. The molecule has 1 fully saturated rings. The van der Waals surface area contributed by atoms with Crippen molar-refractivity contribution >= 4 is 11.0 Å². The molecule has 0 aliphatic carbocycles. The van der Waals surface area contributed by atoms with E-state index in [1.54, 1.807) is 0 Å². The van der Waals surface area contributed by atoms with Crippen LogP contribution < -0.4 is 10.1 Å². The van der Waals surface area contributed by atoms with Crippen molar-refractivity contribution in [2.24, 2.45) is 0 Å². The van der Waals surface area contributed by atoms with Crippen molar-refractivity contribution in [1.29, 1.82) is 0 Å². The Bertz CT molecular complexity index is 631. The summed E-state index contributed by atoms with van der Waals surface area (Å²) in [5, 5.41) is 14.7. The van der Waals surface area contributed by atoms with Crippen LogP contribution in [0.15, 0.2) is 28.7 Å². The SMILES string of the molecule is CCOc1cccc2cc([C@@H](C)NC[C@]3(O)CCOC3)oc12. The Kier molecular flexibility index (Phi) is 4.38. The second kappa shape index (κ2) is 6.28. The molecule has 1 aromatic carbocycles. The number of ether oxygens (including phenoxy) is 2. The van der Waals surface area contributed by atoms with Crippen LogP contribution in [-0.4, -0.2) is 37.1 Å². The standard InChI is InChI=1S/C17H23NO4/c1-3-21-14-6-4-5-13-9-15(22-16(13)14)12(2)18-10-17(19)7-8-20-11-17/h4-6,9,12,18-19H,3,7-8,10-11H2,1-2H3/t12-,17-/m1/s1. The van der Waals surface area contributed by atoms with E-state index in [2.05, 4.69) is 5.32 Å². The number of rotatable bonds is 6. The Morgan fingerprint density at radius 1 is 1.45 bits per heavy atom. The zero-order valence-electron chi connectivity index (χ0n) is 13.1. The fourth-order valence-electron chi connectivity index (χ4n) is 2.72. The lowest BCUT2D eigenvalue weighted by Gasteiger charge is -2.23. The number of furan rings is 1. The summed E-state index contributed by atoms with van der Waals surface area (Å²) in [5.41, 5.74) is 0.00689. The molecule has 2 aromatic rings. The normalized spacial score (nSPS) is 23.0. The van der Waals surface area contributed by atoms with Crippen LogP contribution >= 0.6 is 0 Å². The summed E-state index contributed by atoms with van der Waals surface area (Å²) in [6.07, 6.45) is 0.668. The highest BCUT2D eigenvalue weighted by Crippen LogP contribution is 2.31. The molecule has 0 unspecified atom stereocenters. The first-order valence-corrected chi connectivity index (χ1v) is 7.80. The predicted octanol–water partition coefficient (Wildman–Crippen LogP) is 2.63. The van der Waals surface area contributed by atoms with Crippen LogP contribution in [0.2, 0.25) is 0 Å². The first-order chi connectivity index (χ1) is 10.6. The van der Waals surface area contributed by atoms with E-state index in [-0.39, 0.29) is 6.04 Å². The molecular weight excluding hydrogens is 282 g/mol. The highest BCUT2D eigenvalue weighted by atomic mass is 16.5. The molecule has 2 N–H and O–H groups in total. The summed E-state index contributed by atoms with van der Waals surface area (Å²) < 4.78 is 16.8. The molecule has 22 heavy (non-hydrogen) atoms. The van der Waals surface area contributed by atoms with E-state index in [9.17, 15) is 5.11 Å². The third-order valence-electron chi connectivity index (χ3n) is 4.07. The number of para-hydroxylation sites is 1. The average molecular weight is 305 g/mol. The topological polar surface area (TPSA) is 63.9 Å². The maximum Gasteiger partial charge on any atom is 0.176 e. The van der Waals surface area contributed by atoms with Crippen LogP contribution in [0.5, 0.6) is 5.75 Å². The Hall–Kier alpha value is -1.56. The van der Waals surface area contributed by atoms with E-state index in [1.807, 2.05) is 38.1 Å². The van der Waals surface area contributed by atoms with Gasteiger partial charge in [-0.15, -0.1) is 0 Å². The summed E-state index contributed by atoms with van der Waals surface area (Å²) in [6, 6.07) is 7.91. The number of benzene rings is 1. The lowest BCUT2D eigenvalue weighted by molar-refractivity contribution is 0.0247. The van der Waals surface area contributed by atoms with E-state index >= 15 is 0 Å². The molecule has 0 bridgehead atoms. The van der Waals surface area contributed by atoms with Gasteiger partial charge in [-0.2, -0.15) is 0 Å². The van der Waals surface area contributed by atoms with Crippen LogP contribution in [0.3, 0.4) is 0 Å². The Morgan fingerprint density at radius 2 is 2.32 bits per heavy atom. The fourth-order valence-corrected chi connectivity index (χ4v) is 2.72. The van der Waals surface area contributed by atoms with Crippen molar-refractivity contribution in [2.45, 2.75) is 31.9 Å². The third-order valence-corrected chi connectivity index (χ3v) is 4.07. The summed E-state index contributed by atoms with van der Waals surface area (Å²) in [5.74, 6) is 1.60. The van der Waals surface area contributed by atoms with Gasteiger partial charge in [0.25, 0.3) is 0 Å². The molecule has 1 aliphatic rings. The average Bonchev–Trinajstić information content (AvgIpc) is 3.13. The first-order valence-electron chi connectivity index (χ1n) is 7.80. The zero-order chi connectivity index (χ0) is 15.6. The molecule has 1 saturated heterocycles. The van der Waals surface area contributed by atoms with Crippen molar-refractivity contribution < 1.29 is 19.0 Å². The minimum Gasteiger partial charge on any atom is -0.490 e. The van der Waals surface area contributed by atoms with Crippen LogP contribution in [0.1, 0.15) is 32.1 Å². The van der Waals surface area contributed by atoms with Gasteiger partial charge < -0.3 is 24.3 Å². The van der Waals surface area contributed by atoms with E-state index in [4.69, 9.17) is 13.9 Å². The summed E-state index contributed by atoms with van der Waals surface area (Å²) in [6.45, 7) is 6.09. The van der Waals surface area contributed by atoms with Crippen molar-refractivity contribution in [2.75, 3.05) is 26.4 Å². The quantitative estimate of drug-likeness (QED) is 0.859. The molecule has 2 atom stereocenters. The molecule has 0 saturated carbocycles. The molecule has 3 rings (SSSR count). The largest absolute Gasteiger partial charge is 0.490 e. The van der Waals surface area contributed by atoms with Crippen molar-refractivity contribution in [1.82, 2.24) is 5.32 Å². The van der Waals surface area contributed by atoms with Crippen LogP contribution in [0, 0.1) is 0 Å². The number of fused-ring (bicyclic) bond motifs is 1. The molecule has 1 aromatic heterocycles. The summed E-state index contributed by atoms with van der Waals surface area (Å²) in [4.78, 5) is 0. The fraction of sp³-hybridized carbons (Fsp3) is 0.529. The Balaban J connectivity index is 1.73. The molecule has 5 nitrogen and oxygen atoms in total. The Morgan fingerprint density at radius 3 is 3.05 bits per heavy atom. The highest BCUT2D eigenvalue weighted by molar-refractivity contribution is 5.83. The molecule has 0 spiro atoms. The van der Waals surface area contributed by atoms with Gasteiger partial charge in [-0.05, 0) is 26.0 Å². The summed E-state index contributed by atoms with van der Waals surface area (Å²) in [7, 11) is 0. The Labute approximate surface area is 130 Å². The third kappa shape index (κ3) is 3.11. The predicted molar refractivity (Wildman–Crippen MR) is 84.2 cm³/mol. The monoisotopic (exact) mass is 305 g/mol. The molecule has 0 radical (unpaired) electrons. The maximum atomic E-state index is 10.3. The van der Waals surface area contributed by atoms with Gasteiger partial charge in [0.05, 0.1) is 19.3 Å². The van der Waals surface area contributed by atoms with Crippen LogP contribution in [0.25, 0.3) is 11.0 Å². The summed E-state index contributed by atoms with van der Waals surface area (Å²) >= 11 is 0. The highest BCUT2D eigenvalue weighted by Gasteiger charge is 2.32. The van der Waals surface area contributed by atoms with Gasteiger partial charge in [-0.3, -0.25) is 0 Å². The molecule has 120 valence electrons. The maximum absolute atomic E-state index is 10.3. The minimum atomic E-state index is -0.767. The van der Waals surface area contributed by atoms with Crippen molar-refractivity contribution in [3.63, 3.8) is 0 Å². The van der Waals surface area contributed by atoms with E-state index in [0.29, 0.717) is 32.8 Å². The first kappa shape index (κ1) is 15.3. The van der Waals surface area contributed by atoms with Crippen molar-refractivity contribution in [3.8, 4) is 5.75 Å². The van der Waals surface area contributed by atoms with E-state index in [0.717, 1.165) is 22.5 Å². The molecule has 1 aliphatic heterocycles. The molecule has 5 heteroatoms. The second-order valence-electron chi connectivity index (χ2n) is 5.89. The number of nitrogens with one attached hydrogen (secondary N) is 1. The van der Waals surface area contributed by atoms with E-state index in [1.165, 1.54) is 0 Å². The van der Waals surface area contributed by atoms with Gasteiger partial charge in [0, 0.05) is 25.0 Å². The van der Waals surface area contributed by atoms with E-state index < -0.39 is 5.60 Å². The van der Waals surface area contributed by atoms with Crippen molar-refractivity contribution in [3.05, 3.63) is 30.0 Å². The van der Waals surface area contributed by atoms with Gasteiger partial charge in [0.2, 0.25) is 0 Å². The van der Waals surface area contributed by atoms with Gasteiger partial charge in [-0.25, -0.2) is 0 Å². The smallest absolute Gasteiger partial charge is 0.176 e. The second-order valence-corrected chi connectivity index (χ2v) is 5.89. The van der Waals surface area contributed by atoms with Gasteiger partial charge in [-0.1, -0.05) is 12.1 Å². The lowest BCUT2D eigenvalue weighted by Crippen LogP contribution is -2.41. The lowest BCUT2D eigenvalue weighted by atomic mass is 10.0. The molecule has 2 heterocycles. The van der Waals surface area contributed by atoms with Crippen LogP contribution in [-0.2, 0) is 4.74 Å². The van der Waals surface area contributed by atoms with Crippen LogP contribution in [0.4, 0.5) is 0 Å². The van der Waals surface area contributed by atoms with Gasteiger partial charge in [0.1, 0.15) is 11.4 Å². The number of hydrogen-bond acceptors (Lipinski definition) is 5. The molecule has 0 amide bonds. The van der Waals surface area contributed by atoms with Gasteiger partial charge in [0.15, 0.2) is 11.3 Å². The zero-order valence-corrected chi connectivity index (χ0v) is 13.1. The minimum absolute atomic E-state index is 0.00602. The van der Waals surface area contributed by atoms with Gasteiger partial charge >= 0.3 is 0 Å². The number of aliphatic hydroxyl groups is 1.